The minimum atomic E-state index is 0. The number of hydrogen-bond donors (Lipinski definition) is 0. The Morgan fingerprint density at radius 3 is 2.26 bits per heavy atom. The fourth-order valence-corrected chi connectivity index (χ4v) is 1.74. The van der Waals surface area contributed by atoms with Crippen molar-refractivity contribution in [3.05, 3.63) is 60.2 Å². The summed E-state index contributed by atoms with van der Waals surface area (Å²) < 4.78 is 5.81. The van der Waals surface area contributed by atoms with Crippen LogP contribution in [0.5, 0.6) is 11.5 Å². The van der Waals surface area contributed by atoms with Gasteiger partial charge in [0.25, 0.3) is 0 Å². The molecule has 0 spiro atoms. The maximum Gasteiger partial charge on any atom is 0.127 e. The molecular weight excluding hydrogens is 258 g/mol. The third-order valence-electron chi connectivity index (χ3n) is 2.73. The van der Waals surface area contributed by atoms with E-state index in [1.54, 1.807) is 0 Å². The topological polar surface area (TPSA) is 12.5 Å². The van der Waals surface area contributed by atoms with Crippen molar-refractivity contribution in [2.45, 2.75) is 6.42 Å². The van der Waals surface area contributed by atoms with E-state index in [4.69, 9.17) is 4.74 Å². The molecule has 0 aliphatic rings. The summed E-state index contributed by atoms with van der Waals surface area (Å²) in [6.45, 7) is 1.05. The Morgan fingerprint density at radius 1 is 0.895 bits per heavy atom. The highest BCUT2D eigenvalue weighted by Gasteiger charge is 1.99. The first kappa shape index (κ1) is 15.5. The molecule has 0 fully saturated rings. The van der Waals surface area contributed by atoms with Gasteiger partial charge in [0.05, 0.1) is 0 Å². The molecule has 0 aliphatic heterocycles. The van der Waals surface area contributed by atoms with Gasteiger partial charge >= 0.3 is 0 Å². The van der Waals surface area contributed by atoms with Crippen LogP contribution in [0.1, 0.15) is 5.56 Å². The predicted molar refractivity (Wildman–Crippen MR) is 82.5 cm³/mol. The van der Waals surface area contributed by atoms with Crippen molar-refractivity contribution >= 4 is 12.4 Å². The fraction of sp³-hybridized carbons (Fsp3) is 0.250. The molecule has 0 saturated heterocycles. The van der Waals surface area contributed by atoms with Crippen molar-refractivity contribution in [1.29, 1.82) is 0 Å². The Labute approximate surface area is 121 Å². The van der Waals surface area contributed by atoms with Gasteiger partial charge in [0.2, 0.25) is 0 Å². The SMILES string of the molecule is CN(C)CCc1cccc(Oc2ccccc2)c1.Cl. The maximum absolute atomic E-state index is 5.81. The summed E-state index contributed by atoms with van der Waals surface area (Å²) in [6, 6.07) is 18.2. The molecular formula is C16H20ClNO. The van der Waals surface area contributed by atoms with E-state index in [9.17, 15) is 0 Å². The molecule has 2 rings (SSSR count). The summed E-state index contributed by atoms with van der Waals surface area (Å²) in [5, 5.41) is 0. The molecule has 0 aromatic heterocycles. The van der Waals surface area contributed by atoms with Crippen molar-refractivity contribution < 1.29 is 4.74 Å². The molecule has 2 aromatic rings. The zero-order chi connectivity index (χ0) is 12.8. The average molecular weight is 278 g/mol. The van der Waals surface area contributed by atoms with Crippen LogP contribution >= 0.6 is 12.4 Å². The van der Waals surface area contributed by atoms with Gasteiger partial charge in [-0.2, -0.15) is 0 Å². The Bertz CT molecular complexity index is 485. The first-order valence-corrected chi connectivity index (χ1v) is 6.20. The predicted octanol–water partition coefficient (Wildman–Crippen LogP) is 4.00. The van der Waals surface area contributed by atoms with Crippen molar-refractivity contribution in [2.75, 3.05) is 20.6 Å². The number of ether oxygens (including phenoxy) is 1. The van der Waals surface area contributed by atoms with E-state index in [0.717, 1.165) is 24.5 Å². The Hall–Kier alpha value is -1.51. The molecule has 0 unspecified atom stereocenters. The largest absolute Gasteiger partial charge is 0.457 e. The highest BCUT2D eigenvalue weighted by molar-refractivity contribution is 5.85. The molecule has 0 aliphatic carbocycles. The van der Waals surface area contributed by atoms with Gasteiger partial charge in [-0.25, -0.2) is 0 Å². The maximum atomic E-state index is 5.81. The van der Waals surface area contributed by atoms with Gasteiger partial charge in [-0.1, -0.05) is 30.3 Å². The van der Waals surface area contributed by atoms with Gasteiger partial charge in [0.1, 0.15) is 11.5 Å². The average Bonchev–Trinajstić information content (AvgIpc) is 2.38. The molecule has 19 heavy (non-hydrogen) atoms. The number of rotatable bonds is 5. The second-order valence-corrected chi connectivity index (χ2v) is 4.62. The van der Waals surface area contributed by atoms with E-state index in [1.807, 2.05) is 42.5 Å². The highest BCUT2D eigenvalue weighted by atomic mass is 35.5. The molecule has 0 radical (unpaired) electrons. The summed E-state index contributed by atoms with van der Waals surface area (Å²) in [5.41, 5.74) is 1.30. The highest BCUT2D eigenvalue weighted by Crippen LogP contribution is 2.21. The fourth-order valence-electron chi connectivity index (χ4n) is 1.74. The van der Waals surface area contributed by atoms with Crippen LogP contribution in [0.25, 0.3) is 0 Å². The Kier molecular flexibility index (Phi) is 6.40. The number of halogens is 1. The van der Waals surface area contributed by atoms with Crippen LogP contribution in [0.4, 0.5) is 0 Å². The van der Waals surface area contributed by atoms with E-state index in [1.165, 1.54) is 5.56 Å². The first-order valence-electron chi connectivity index (χ1n) is 6.20. The second-order valence-electron chi connectivity index (χ2n) is 4.62. The van der Waals surface area contributed by atoms with Crippen LogP contribution in [-0.4, -0.2) is 25.5 Å². The normalized spacial score (nSPS) is 10.1. The second kappa shape index (κ2) is 7.82. The van der Waals surface area contributed by atoms with Crippen LogP contribution in [0.15, 0.2) is 54.6 Å². The summed E-state index contributed by atoms with van der Waals surface area (Å²) in [6.07, 6.45) is 1.04. The third-order valence-corrected chi connectivity index (χ3v) is 2.73. The van der Waals surface area contributed by atoms with Gasteiger partial charge in [-0.05, 0) is 50.3 Å². The molecule has 0 bridgehead atoms. The quantitative estimate of drug-likeness (QED) is 0.819. The summed E-state index contributed by atoms with van der Waals surface area (Å²) in [7, 11) is 4.18. The number of hydrogen-bond acceptors (Lipinski definition) is 2. The summed E-state index contributed by atoms with van der Waals surface area (Å²) in [4.78, 5) is 2.19. The minimum absolute atomic E-state index is 0. The molecule has 2 nitrogen and oxygen atoms in total. The first-order chi connectivity index (χ1) is 8.74. The van der Waals surface area contributed by atoms with Crippen LogP contribution in [0, 0.1) is 0 Å². The zero-order valence-electron chi connectivity index (χ0n) is 11.4. The van der Waals surface area contributed by atoms with Gasteiger partial charge in [0.15, 0.2) is 0 Å². The monoisotopic (exact) mass is 277 g/mol. The number of benzene rings is 2. The number of para-hydroxylation sites is 1. The lowest BCUT2D eigenvalue weighted by molar-refractivity contribution is 0.413. The molecule has 0 N–H and O–H groups in total. The van der Waals surface area contributed by atoms with Crippen LogP contribution in [-0.2, 0) is 6.42 Å². The Balaban J connectivity index is 0.00000180. The number of nitrogens with zero attached hydrogens (tertiary/aromatic N) is 1. The lowest BCUT2D eigenvalue weighted by Crippen LogP contribution is -2.14. The molecule has 2 aromatic carbocycles. The summed E-state index contributed by atoms with van der Waals surface area (Å²) >= 11 is 0. The molecule has 3 heteroatoms. The Morgan fingerprint density at radius 2 is 1.58 bits per heavy atom. The zero-order valence-corrected chi connectivity index (χ0v) is 12.2. The molecule has 102 valence electrons. The van der Waals surface area contributed by atoms with Crippen LogP contribution in [0.3, 0.4) is 0 Å². The van der Waals surface area contributed by atoms with Crippen molar-refractivity contribution in [3.8, 4) is 11.5 Å². The molecule has 0 atom stereocenters. The van der Waals surface area contributed by atoms with Gasteiger partial charge in [0, 0.05) is 6.54 Å². The van der Waals surface area contributed by atoms with E-state index in [-0.39, 0.29) is 12.4 Å². The van der Waals surface area contributed by atoms with E-state index in [2.05, 4.69) is 31.1 Å². The third kappa shape index (κ3) is 5.33. The lowest BCUT2D eigenvalue weighted by Gasteiger charge is -2.10. The van der Waals surface area contributed by atoms with E-state index < -0.39 is 0 Å². The van der Waals surface area contributed by atoms with Crippen LogP contribution < -0.4 is 4.74 Å². The van der Waals surface area contributed by atoms with Crippen LogP contribution in [0.2, 0.25) is 0 Å². The standard InChI is InChI=1S/C16H19NO.ClH/c1-17(2)12-11-14-7-6-10-16(13-14)18-15-8-4-3-5-9-15;/h3-10,13H,11-12H2,1-2H3;1H. The van der Waals surface area contributed by atoms with Crippen molar-refractivity contribution in [1.82, 2.24) is 4.90 Å². The minimum Gasteiger partial charge on any atom is -0.457 e. The molecule has 0 saturated carbocycles. The van der Waals surface area contributed by atoms with Gasteiger partial charge < -0.3 is 9.64 Å². The molecule has 0 amide bonds. The smallest absolute Gasteiger partial charge is 0.127 e. The molecule has 0 heterocycles. The lowest BCUT2D eigenvalue weighted by atomic mass is 10.1. The van der Waals surface area contributed by atoms with Crippen molar-refractivity contribution in [2.24, 2.45) is 0 Å². The van der Waals surface area contributed by atoms with E-state index in [0.29, 0.717) is 0 Å². The number of likely N-dealkylation sites (N-methyl/N-ethyl adjacent to an activating group) is 1. The van der Waals surface area contributed by atoms with E-state index >= 15 is 0 Å². The van der Waals surface area contributed by atoms with Gasteiger partial charge in [-0.15, -0.1) is 12.4 Å². The summed E-state index contributed by atoms with van der Waals surface area (Å²) in [5.74, 6) is 1.78. The van der Waals surface area contributed by atoms with Gasteiger partial charge in [-0.3, -0.25) is 0 Å². The van der Waals surface area contributed by atoms with Crippen molar-refractivity contribution in [3.63, 3.8) is 0 Å².